The molecule has 0 radical (unpaired) electrons. The molecule has 0 bridgehead atoms. The Labute approximate surface area is 183 Å². The molecular weight excluding hydrogens is 411 g/mol. The minimum absolute atomic E-state index is 0.0973. The van der Waals surface area contributed by atoms with Crippen molar-refractivity contribution < 1.29 is 27.4 Å². The van der Waals surface area contributed by atoms with Gasteiger partial charge in [0.05, 0.1) is 25.1 Å². The SMILES string of the molecule is C=C/C=C(\N=C(CCC)C(N=C(CNC(=O)OC(C)(C)C)OC)=C(C)CC)C(F)(F)F. The molecule has 0 rings (SSSR count). The van der Waals surface area contributed by atoms with Gasteiger partial charge >= 0.3 is 12.3 Å². The van der Waals surface area contributed by atoms with Crippen molar-refractivity contribution in [2.45, 2.75) is 72.6 Å². The van der Waals surface area contributed by atoms with Crippen molar-refractivity contribution in [2.75, 3.05) is 13.7 Å². The molecule has 0 saturated heterocycles. The Balaban J connectivity index is 6.15. The van der Waals surface area contributed by atoms with E-state index in [1.807, 2.05) is 13.8 Å². The minimum Gasteiger partial charge on any atom is -0.483 e. The molecular formula is C22H34F3N3O3. The van der Waals surface area contributed by atoms with Crippen molar-refractivity contribution in [3.63, 3.8) is 0 Å². The Kier molecular flexibility index (Phi) is 11.9. The zero-order valence-corrected chi connectivity index (χ0v) is 19.4. The first-order valence-electron chi connectivity index (χ1n) is 10.0. The lowest BCUT2D eigenvalue weighted by atomic mass is 10.1. The fourth-order valence-electron chi connectivity index (χ4n) is 2.23. The molecule has 6 nitrogen and oxygen atoms in total. The number of hydrogen-bond acceptors (Lipinski definition) is 5. The number of amides is 1. The summed E-state index contributed by atoms with van der Waals surface area (Å²) in [6.45, 7) is 13.9. The van der Waals surface area contributed by atoms with E-state index >= 15 is 0 Å². The topological polar surface area (TPSA) is 72.3 Å². The number of aliphatic imine (C=N–C) groups is 2. The van der Waals surface area contributed by atoms with Crippen LogP contribution in [0.1, 0.15) is 60.8 Å². The van der Waals surface area contributed by atoms with Crippen LogP contribution in [0.3, 0.4) is 0 Å². The van der Waals surface area contributed by atoms with Crippen LogP contribution in [0.25, 0.3) is 0 Å². The van der Waals surface area contributed by atoms with Crippen LogP contribution in [0.5, 0.6) is 0 Å². The number of nitrogens with one attached hydrogen (secondary N) is 1. The molecule has 9 heteroatoms. The highest BCUT2D eigenvalue weighted by atomic mass is 19.4. The van der Waals surface area contributed by atoms with E-state index in [9.17, 15) is 18.0 Å². The van der Waals surface area contributed by atoms with E-state index in [1.54, 1.807) is 27.7 Å². The van der Waals surface area contributed by atoms with E-state index in [0.29, 0.717) is 18.5 Å². The lowest BCUT2D eigenvalue weighted by molar-refractivity contribution is -0.0923. The Bertz CT molecular complexity index is 743. The molecule has 31 heavy (non-hydrogen) atoms. The summed E-state index contributed by atoms with van der Waals surface area (Å²) in [4.78, 5) is 20.2. The predicted molar refractivity (Wildman–Crippen MR) is 118 cm³/mol. The van der Waals surface area contributed by atoms with E-state index < -0.39 is 23.6 Å². The van der Waals surface area contributed by atoms with Gasteiger partial charge in [0, 0.05) is 0 Å². The van der Waals surface area contributed by atoms with Gasteiger partial charge in [0.2, 0.25) is 5.90 Å². The standard InChI is InChI=1S/C22H34F3N3O3/c1-9-12-16(27-17(13-10-2)22(23,24)25)19(15(4)11-3)28-18(30-8)14-26-20(29)31-21(5,6)7/h10,13H,2,9,11-12,14H2,1,3-8H3,(H,26,29)/b17-13-,19-15?,27-16?,28-18?. The number of nitrogens with zero attached hydrogens (tertiary/aromatic N) is 2. The van der Waals surface area contributed by atoms with Crippen molar-refractivity contribution in [1.82, 2.24) is 5.32 Å². The molecule has 176 valence electrons. The van der Waals surface area contributed by atoms with E-state index in [0.717, 1.165) is 17.7 Å². The minimum atomic E-state index is -4.63. The molecule has 0 fully saturated rings. The average molecular weight is 446 g/mol. The van der Waals surface area contributed by atoms with Gasteiger partial charge in [0.15, 0.2) is 0 Å². The van der Waals surface area contributed by atoms with Crippen LogP contribution in [0.4, 0.5) is 18.0 Å². The largest absolute Gasteiger partial charge is 0.483 e. The van der Waals surface area contributed by atoms with Gasteiger partial charge in [-0.25, -0.2) is 14.8 Å². The zero-order valence-electron chi connectivity index (χ0n) is 19.4. The maximum Gasteiger partial charge on any atom is 0.433 e. The molecule has 1 N–H and O–H groups in total. The lowest BCUT2D eigenvalue weighted by Gasteiger charge is -2.20. The zero-order chi connectivity index (χ0) is 24.2. The Hall–Kier alpha value is -2.58. The summed E-state index contributed by atoms with van der Waals surface area (Å²) in [6, 6.07) is 0. The third-order valence-electron chi connectivity index (χ3n) is 3.77. The maximum atomic E-state index is 13.4. The smallest absolute Gasteiger partial charge is 0.433 e. The summed E-state index contributed by atoms with van der Waals surface area (Å²) in [6.07, 6.45) is -2.05. The van der Waals surface area contributed by atoms with Crippen LogP contribution in [0.2, 0.25) is 0 Å². The van der Waals surface area contributed by atoms with Crippen molar-refractivity contribution in [3.8, 4) is 0 Å². The number of alkyl carbamates (subject to hydrolysis) is 1. The van der Waals surface area contributed by atoms with Crippen LogP contribution >= 0.6 is 0 Å². The van der Waals surface area contributed by atoms with E-state index in [2.05, 4.69) is 21.9 Å². The second-order valence-corrected chi connectivity index (χ2v) is 7.64. The second-order valence-electron chi connectivity index (χ2n) is 7.64. The van der Waals surface area contributed by atoms with Crippen molar-refractivity contribution >= 4 is 17.7 Å². The molecule has 0 atom stereocenters. The van der Waals surface area contributed by atoms with E-state index in [4.69, 9.17) is 9.47 Å². The summed E-state index contributed by atoms with van der Waals surface area (Å²) in [5, 5.41) is 2.52. The predicted octanol–water partition coefficient (Wildman–Crippen LogP) is 6.11. The van der Waals surface area contributed by atoms with Gasteiger partial charge in [-0.2, -0.15) is 13.2 Å². The van der Waals surface area contributed by atoms with E-state index in [1.165, 1.54) is 7.11 Å². The Morgan fingerprint density at radius 2 is 1.77 bits per heavy atom. The number of alkyl halides is 3. The van der Waals surface area contributed by atoms with Crippen LogP contribution in [0.15, 0.2) is 45.7 Å². The van der Waals surface area contributed by atoms with Crippen LogP contribution in [-0.4, -0.2) is 43.1 Å². The van der Waals surface area contributed by atoms with Gasteiger partial charge in [0.1, 0.15) is 11.3 Å². The fraction of sp³-hybridized carbons (Fsp3) is 0.591. The summed E-state index contributed by atoms with van der Waals surface area (Å²) in [5.41, 5.74) is -0.525. The van der Waals surface area contributed by atoms with Gasteiger partial charge in [-0.1, -0.05) is 32.9 Å². The number of rotatable bonds is 9. The summed E-state index contributed by atoms with van der Waals surface area (Å²) >= 11 is 0. The third kappa shape index (κ3) is 11.4. The monoisotopic (exact) mass is 445 g/mol. The number of ether oxygens (including phenoxy) is 2. The average Bonchev–Trinajstić information content (AvgIpc) is 2.64. The summed E-state index contributed by atoms with van der Waals surface area (Å²) < 4.78 is 50.5. The van der Waals surface area contributed by atoms with Crippen LogP contribution < -0.4 is 5.32 Å². The number of methoxy groups -OCH3 is 1. The van der Waals surface area contributed by atoms with Crippen molar-refractivity contribution in [1.29, 1.82) is 0 Å². The molecule has 0 unspecified atom stereocenters. The first kappa shape index (κ1) is 28.4. The molecule has 0 aliphatic rings. The number of carbonyl (C=O) groups excluding carboxylic acids is 1. The van der Waals surface area contributed by atoms with Crippen molar-refractivity contribution in [3.05, 3.63) is 35.7 Å². The molecule has 0 heterocycles. The number of carbonyl (C=O) groups is 1. The number of hydrogen-bond donors (Lipinski definition) is 1. The second kappa shape index (κ2) is 13.0. The molecule has 0 aliphatic carbocycles. The third-order valence-corrected chi connectivity index (χ3v) is 3.77. The summed E-state index contributed by atoms with van der Waals surface area (Å²) in [5.74, 6) is 0.110. The highest BCUT2D eigenvalue weighted by Gasteiger charge is 2.34. The van der Waals surface area contributed by atoms with Crippen molar-refractivity contribution in [2.24, 2.45) is 9.98 Å². The number of halogens is 3. The van der Waals surface area contributed by atoms with Gasteiger partial charge in [-0.15, -0.1) is 0 Å². The highest BCUT2D eigenvalue weighted by Crippen LogP contribution is 2.28. The Morgan fingerprint density at radius 3 is 2.19 bits per heavy atom. The molecule has 0 aromatic rings. The lowest BCUT2D eigenvalue weighted by Crippen LogP contribution is -2.36. The first-order chi connectivity index (χ1) is 14.3. The van der Waals surface area contributed by atoms with E-state index in [-0.39, 0.29) is 24.6 Å². The fourth-order valence-corrected chi connectivity index (χ4v) is 2.23. The van der Waals surface area contributed by atoms with Gasteiger partial charge in [0.25, 0.3) is 0 Å². The molecule has 1 amide bonds. The molecule has 0 spiro atoms. The van der Waals surface area contributed by atoms with Crippen LogP contribution in [-0.2, 0) is 9.47 Å². The molecule has 0 aromatic heterocycles. The molecule has 0 aromatic carbocycles. The van der Waals surface area contributed by atoms with Gasteiger partial charge < -0.3 is 14.8 Å². The van der Waals surface area contributed by atoms with Gasteiger partial charge in [-0.3, -0.25) is 0 Å². The quantitative estimate of drug-likeness (QED) is 0.264. The Morgan fingerprint density at radius 1 is 1.16 bits per heavy atom. The van der Waals surface area contributed by atoms with Gasteiger partial charge in [-0.05, 0) is 52.2 Å². The normalized spacial score (nSPS) is 14.7. The highest BCUT2D eigenvalue weighted by molar-refractivity contribution is 6.03. The molecule has 0 aliphatic heterocycles. The number of allylic oxidation sites excluding steroid dienone is 5. The maximum absolute atomic E-state index is 13.4. The summed E-state index contributed by atoms with van der Waals surface area (Å²) in [7, 11) is 1.36. The van der Waals surface area contributed by atoms with Crippen LogP contribution in [0, 0.1) is 0 Å². The first-order valence-corrected chi connectivity index (χ1v) is 10.0. The molecule has 0 saturated carbocycles.